The Bertz CT molecular complexity index is 293. The minimum absolute atomic E-state index is 0.117. The molecule has 0 aromatic rings. The largest absolute Gasteiger partial charge is 0.396 e. The molecule has 1 atom stereocenters. The highest BCUT2D eigenvalue weighted by Crippen LogP contribution is 2.22. The van der Waals surface area contributed by atoms with E-state index in [4.69, 9.17) is 5.11 Å². The number of urea groups is 1. The number of nitrogens with zero attached hydrogens (tertiary/aromatic N) is 1. The molecule has 0 aromatic carbocycles. The van der Waals surface area contributed by atoms with Gasteiger partial charge in [0, 0.05) is 13.2 Å². The summed E-state index contributed by atoms with van der Waals surface area (Å²) >= 11 is 0. The Balaban J connectivity index is 2.51. The maximum Gasteiger partial charge on any atom is 0.325 e. The number of aliphatic hydroxyl groups is 1. The highest BCUT2D eigenvalue weighted by Gasteiger charge is 2.46. The van der Waals surface area contributed by atoms with Gasteiger partial charge in [0.2, 0.25) is 0 Å². The fraction of sp³-hybridized carbons (Fsp3) is 0.833. The molecule has 0 saturated carbocycles. The van der Waals surface area contributed by atoms with E-state index in [2.05, 4.69) is 5.32 Å². The molecule has 3 amide bonds. The van der Waals surface area contributed by atoms with E-state index < -0.39 is 5.54 Å². The highest BCUT2D eigenvalue weighted by atomic mass is 16.3. The second kappa shape index (κ2) is 6.00. The first kappa shape index (κ1) is 14.0. The van der Waals surface area contributed by atoms with E-state index in [0.717, 1.165) is 25.7 Å². The Morgan fingerprint density at radius 1 is 1.29 bits per heavy atom. The number of rotatable bonds is 7. The minimum Gasteiger partial charge on any atom is -0.396 e. The average Bonchev–Trinajstić information content (AvgIpc) is 2.47. The summed E-state index contributed by atoms with van der Waals surface area (Å²) in [7, 11) is 0. The van der Waals surface area contributed by atoms with Crippen LogP contribution in [0, 0.1) is 0 Å². The van der Waals surface area contributed by atoms with Gasteiger partial charge in [0.25, 0.3) is 5.91 Å². The molecule has 1 fully saturated rings. The summed E-state index contributed by atoms with van der Waals surface area (Å²) < 4.78 is 0. The average molecular weight is 242 g/mol. The van der Waals surface area contributed by atoms with Crippen LogP contribution < -0.4 is 5.32 Å². The van der Waals surface area contributed by atoms with Crippen LogP contribution in [0.5, 0.6) is 0 Å². The van der Waals surface area contributed by atoms with Crippen molar-refractivity contribution in [2.24, 2.45) is 0 Å². The number of hydrogen-bond donors (Lipinski definition) is 2. The molecule has 1 unspecified atom stereocenters. The van der Waals surface area contributed by atoms with Crippen molar-refractivity contribution in [1.82, 2.24) is 10.2 Å². The van der Waals surface area contributed by atoms with Crippen LogP contribution >= 0.6 is 0 Å². The lowest BCUT2D eigenvalue weighted by Crippen LogP contribution is -2.43. The molecule has 5 heteroatoms. The predicted octanol–water partition coefficient (Wildman–Crippen LogP) is 1.26. The fourth-order valence-electron chi connectivity index (χ4n) is 2.18. The predicted molar refractivity (Wildman–Crippen MR) is 64.5 cm³/mol. The quantitative estimate of drug-likeness (QED) is 0.521. The van der Waals surface area contributed by atoms with E-state index in [1.807, 2.05) is 6.92 Å². The third-order valence-corrected chi connectivity index (χ3v) is 3.13. The van der Waals surface area contributed by atoms with Crippen molar-refractivity contribution in [1.29, 1.82) is 0 Å². The number of carbonyl (C=O) groups is 2. The third kappa shape index (κ3) is 3.19. The van der Waals surface area contributed by atoms with Crippen LogP contribution in [0.4, 0.5) is 4.79 Å². The van der Waals surface area contributed by atoms with Gasteiger partial charge in [-0.05, 0) is 32.6 Å². The molecular weight excluding hydrogens is 220 g/mol. The van der Waals surface area contributed by atoms with Gasteiger partial charge in [0.15, 0.2) is 0 Å². The van der Waals surface area contributed by atoms with Gasteiger partial charge in [-0.3, -0.25) is 9.69 Å². The van der Waals surface area contributed by atoms with E-state index in [9.17, 15) is 9.59 Å². The summed E-state index contributed by atoms with van der Waals surface area (Å²) in [5, 5.41) is 11.4. The highest BCUT2D eigenvalue weighted by molar-refractivity contribution is 6.06. The van der Waals surface area contributed by atoms with E-state index in [-0.39, 0.29) is 18.5 Å². The summed E-state index contributed by atoms with van der Waals surface area (Å²) in [6, 6.07) is -0.282. The Labute approximate surface area is 102 Å². The van der Waals surface area contributed by atoms with E-state index in [1.165, 1.54) is 4.90 Å². The molecule has 0 radical (unpaired) electrons. The van der Waals surface area contributed by atoms with Crippen molar-refractivity contribution in [3.8, 4) is 0 Å². The molecule has 0 aromatic heterocycles. The molecule has 0 bridgehead atoms. The number of aliphatic hydroxyl groups excluding tert-OH is 1. The smallest absolute Gasteiger partial charge is 0.325 e. The summed E-state index contributed by atoms with van der Waals surface area (Å²) in [5.74, 6) is -0.117. The zero-order chi connectivity index (χ0) is 12.9. The molecule has 17 heavy (non-hydrogen) atoms. The first-order valence-electron chi connectivity index (χ1n) is 6.30. The minimum atomic E-state index is -0.719. The molecule has 1 rings (SSSR count). The van der Waals surface area contributed by atoms with Gasteiger partial charge in [-0.15, -0.1) is 0 Å². The Morgan fingerprint density at radius 2 is 2.00 bits per heavy atom. The van der Waals surface area contributed by atoms with Crippen molar-refractivity contribution in [3.05, 3.63) is 0 Å². The van der Waals surface area contributed by atoms with Crippen molar-refractivity contribution in [2.75, 3.05) is 13.2 Å². The molecule has 1 saturated heterocycles. The molecular formula is C12H22N2O3. The lowest BCUT2D eigenvalue weighted by Gasteiger charge is -2.20. The van der Waals surface area contributed by atoms with Crippen molar-refractivity contribution >= 4 is 11.9 Å². The summed E-state index contributed by atoms with van der Waals surface area (Å²) in [5.41, 5.74) is -0.719. The van der Waals surface area contributed by atoms with Crippen LogP contribution in [-0.4, -0.2) is 40.6 Å². The van der Waals surface area contributed by atoms with Crippen LogP contribution in [0.2, 0.25) is 0 Å². The molecule has 2 N–H and O–H groups in total. The SMILES string of the molecule is CCCC1(C)NC(=O)N(CCCCCO)C1=O. The number of carbonyl (C=O) groups excluding carboxylic acids is 2. The first-order chi connectivity index (χ1) is 8.05. The Kier molecular flexibility index (Phi) is 4.93. The van der Waals surface area contributed by atoms with Gasteiger partial charge < -0.3 is 10.4 Å². The molecule has 5 nitrogen and oxygen atoms in total. The van der Waals surface area contributed by atoms with Crippen LogP contribution in [0.25, 0.3) is 0 Å². The van der Waals surface area contributed by atoms with Gasteiger partial charge in [-0.1, -0.05) is 13.3 Å². The number of imide groups is 1. The number of nitrogens with one attached hydrogen (secondary N) is 1. The summed E-state index contributed by atoms with van der Waals surface area (Å²) in [4.78, 5) is 25.1. The third-order valence-electron chi connectivity index (χ3n) is 3.13. The van der Waals surface area contributed by atoms with Gasteiger partial charge in [0.05, 0.1) is 0 Å². The van der Waals surface area contributed by atoms with Crippen LogP contribution in [0.15, 0.2) is 0 Å². The summed E-state index contributed by atoms with van der Waals surface area (Å²) in [6.07, 6.45) is 3.83. The molecule has 1 aliphatic heterocycles. The molecule has 0 spiro atoms. The number of amides is 3. The molecule has 0 aliphatic carbocycles. The van der Waals surface area contributed by atoms with E-state index in [0.29, 0.717) is 13.0 Å². The van der Waals surface area contributed by atoms with Crippen LogP contribution in [0.3, 0.4) is 0 Å². The van der Waals surface area contributed by atoms with Crippen molar-refractivity contribution in [3.63, 3.8) is 0 Å². The lowest BCUT2D eigenvalue weighted by atomic mass is 9.96. The van der Waals surface area contributed by atoms with Gasteiger partial charge >= 0.3 is 6.03 Å². The Morgan fingerprint density at radius 3 is 2.59 bits per heavy atom. The topological polar surface area (TPSA) is 69.6 Å². The maximum absolute atomic E-state index is 12.1. The van der Waals surface area contributed by atoms with Gasteiger partial charge in [-0.2, -0.15) is 0 Å². The second-order valence-electron chi connectivity index (χ2n) is 4.75. The summed E-state index contributed by atoms with van der Waals surface area (Å²) in [6.45, 7) is 4.39. The fourth-order valence-corrected chi connectivity index (χ4v) is 2.18. The van der Waals surface area contributed by atoms with Crippen LogP contribution in [-0.2, 0) is 4.79 Å². The zero-order valence-electron chi connectivity index (χ0n) is 10.7. The van der Waals surface area contributed by atoms with Crippen molar-refractivity contribution < 1.29 is 14.7 Å². The van der Waals surface area contributed by atoms with E-state index >= 15 is 0 Å². The standard InChI is InChI=1S/C12H22N2O3/c1-3-7-12(2)10(16)14(11(17)13-12)8-5-4-6-9-15/h15H,3-9H2,1-2H3,(H,13,17). The van der Waals surface area contributed by atoms with Crippen molar-refractivity contribution in [2.45, 2.75) is 51.5 Å². The monoisotopic (exact) mass is 242 g/mol. The first-order valence-corrected chi connectivity index (χ1v) is 6.30. The molecule has 98 valence electrons. The second-order valence-corrected chi connectivity index (χ2v) is 4.75. The Hall–Kier alpha value is -1.10. The molecule has 1 heterocycles. The maximum atomic E-state index is 12.1. The van der Waals surface area contributed by atoms with E-state index in [1.54, 1.807) is 6.92 Å². The molecule has 1 aliphatic rings. The lowest BCUT2D eigenvalue weighted by molar-refractivity contribution is -0.131. The van der Waals surface area contributed by atoms with Gasteiger partial charge in [-0.25, -0.2) is 4.79 Å². The number of unbranched alkanes of at least 4 members (excludes halogenated alkanes) is 2. The zero-order valence-corrected chi connectivity index (χ0v) is 10.7. The number of hydrogen-bond acceptors (Lipinski definition) is 3. The normalized spacial score (nSPS) is 24.3. The van der Waals surface area contributed by atoms with Crippen LogP contribution in [0.1, 0.15) is 46.0 Å². The van der Waals surface area contributed by atoms with Gasteiger partial charge in [0.1, 0.15) is 5.54 Å².